The molecule has 26 heavy (non-hydrogen) atoms. The number of hydrogen-bond acceptors (Lipinski definition) is 5. The maximum atomic E-state index is 12.6. The van der Waals surface area contributed by atoms with Crippen LogP contribution in [0.15, 0.2) is 24.3 Å². The van der Waals surface area contributed by atoms with Crippen molar-refractivity contribution < 1.29 is 14.4 Å². The maximum absolute atomic E-state index is 12.6. The van der Waals surface area contributed by atoms with Gasteiger partial charge in [-0.2, -0.15) is 0 Å². The quantitative estimate of drug-likeness (QED) is 0.836. The number of amides is 4. The van der Waals surface area contributed by atoms with Crippen LogP contribution in [-0.4, -0.2) is 46.9 Å². The summed E-state index contributed by atoms with van der Waals surface area (Å²) in [6.45, 7) is 0.0977. The van der Waals surface area contributed by atoms with Crippen LogP contribution in [-0.2, 0) is 9.59 Å². The molecule has 7 nitrogen and oxygen atoms in total. The predicted octanol–water partition coefficient (Wildman–Crippen LogP) is 2.51. The molecule has 2 aliphatic rings. The van der Waals surface area contributed by atoms with E-state index in [0.717, 1.165) is 23.1 Å². The highest BCUT2D eigenvalue weighted by molar-refractivity contribution is 7.22. The summed E-state index contributed by atoms with van der Waals surface area (Å²) in [5.41, 5.74) is 0.128. The van der Waals surface area contributed by atoms with Crippen molar-refractivity contribution in [3.63, 3.8) is 0 Å². The normalized spacial score (nSPS) is 18.7. The van der Waals surface area contributed by atoms with Gasteiger partial charge in [0.2, 0.25) is 5.91 Å². The molecule has 8 heteroatoms. The van der Waals surface area contributed by atoms with E-state index in [1.54, 1.807) is 7.05 Å². The molecule has 4 amide bonds. The Labute approximate surface area is 155 Å². The number of carbonyl (C=O) groups excluding carboxylic acids is 3. The van der Waals surface area contributed by atoms with Crippen LogP contribution in [0.2, 0.25) is 0 Å². The lowest BCUT2D eigenvalue weighted by Gasteiger charge is -2.20. The van der Waals surface area contributed by atoms with E-state index in [-0.39, 0.29) is 30.8 Å². The molecule has 1 N–H and O–H groups in total. The SMILES string of the molecule is CN(C(=O)CCN1C(=O)NC2(CCCC2)C1=O)c1nc2ccccc2s1. The number of para-hydroxylation sites is 1. The van der Waals surface area contributed by atoms with E-state index in [4.69, 9.17) is 0 Å². The van der Waals surface area contributed by atoms with Crippen molar-refractivity contribution in [1.82, 2.24) is 15.2 Å². The monoisotopic (exact) mass is 372 g/mol. The predicted molar refractivity (Wildman–Crippen MR) is 99.1 cm³/mol. The van der Waals surface area contributed by atoms with Crippen molar-refractivity contribution in [2.45, 2.75) is 37.6 Å². The lowest BCUT2D eigenvalue weighted by molar-refractivity contribution is -0.131. The molecule has 1 aromatic heterocycles. The average molecular weight is 372 g/mol. The van der Waals surface area contributed by atoms with Gasteiger partial charge in [0.05, 0.1) is 10.2 Å². The van der Waals surface area contributed by atoms with Crippen LogP contribution in [0.1, 0.15) is 32.1 Å². The van der Waals surface area contributed by atoms with E-state index in [1.165, 1.54) is 21.1 Å². The highest BCUT2D eigenvalue weighted by Crippen LogP contribution is 2.35. The first-order valence-corrected chi connectivity index (χ1v) is 9.58. The van der Waals surface area contributed by atoms with Gasteiger partial charge in [-0.05, 0) is 25.0 Å². The summed E-state index contributed by atoms with van der Waals surface area (Å²) < 4.78 is 1.01. The van der Waals surface area contributed by atoms with Crippen molar-refractivity contribution in [1.29, 1.82) is 0 Å². The average Bonchev–Trinajstić information content (AvgIpc) is 3.32. The lowest BCUT2D eigenvalue weighted by Crippen LogP contribution is -2.44. The van der Waals surface area contributed by atoms with E-state index in [0.29, 0.717) is 18.0 Å². The molecule has 2 heterocycles. The fourth-order valence-corrected chi connectivity index (χ4v) is 4.63. The zero-order valence-electron chi connectivity index (χ0n) is 14.5. The third kappa shape index (κ3) is 2.74. The standard InChI is InChI=1S/C18H20N4O3S/c1-21(17-19-12-6-2-3-7-13(12)26-17)14(23)8-11-22-15(24)18(20-16(22)25)9-4-5-10-18/h2-3,6-7H,4-5,8-11H2,1H3,(H,20,25). The number of hydrogen-bond donors (Lipinski definition) is 1. The molecule has 1 saturated heterocycles. The molecule has 1 aromatic carbocycles. The topological polar surface area (TPSA) is 82.6 Å². The summed E-state index contributed by atoms with van der Waals surface area (Å²) in [7, 11) is 1.67. The number of rotatable bonds is 4. The van der Waals surface area contributed by atoms with Gasteiger partial charge in [0.15, 0.2) is 5.13 Å². The van der Waals surface area contributed by atoms with Crippen LogP contribution in [0, 0.1) is 0 Å². The maximum Gasteiger partial charge on any atom is 0.325 e. The van der Waals surface area contributed by atoms with E-state index in [1.807, 2.05) is 24.3 Å². The van der Waals surface area contributed by atoms with Gasteiger partial charge in [-0.3, -0.25) is 19.4 Å². The van der Waals surface area contributed by atoms with Crippen LogP contribution < -0.4 is 10.2 Å². The number of fused-ring (bicyclic) bond motifs is 1. The molecule has 4 rings (SSSR count). The summed E-state index contributed by atoms with van der Waals surface area (Å²) in [6, 6.07) is 7.32. The minimum absolute atomic E-state index is 0.0850. The van der Waals surface area contributed by atoms with Crippen LogP contribution >= 0.6 is 11.3 Å². The molecule has 0 bridgehead atoms. The second-order valence-corrected chi connectivity index (χ2v) is 7.85. The third-order valence-corrected chi connectivity index (χ3v) is 6.31. The highest BCUT2D eigenvalue weighted by atomic mass is 32.1. The Morgan fingerprint density at radius 1 is 1.31 bits per heavy atom. The van der Waals surface area contributed by atoms with E-state index < -0.39 is 5.54 Å². The molecular weight excluding hydrogens is 352 g/mol. The van der Waals surface area contributed by atoms with Crippen molar-refractivity contribution in [3.05, 3.63) is 24.3 Å². The molecule has 0 unspecified atom stereocenters. The zero-order valence-corrected chi connectivity index (χ0v) is 15.3. The van der Waals surface area contributed by atoms with Gasteiger partial charge in [0, 0.05) is 20.0 Å². The number of anilines is 1. The Morgan fingerprint density at radius 3 is 2.77 bits per heavy atom. The largest absolute Gasteiger partial charge is 0.325 e. The van der Waals surface area contributed by atoms with Gasteiger partial charge in [0.25, 0.3) is 5.91 Å². The fraction of sp³-hybridized carbons (Fsp3) is 0.444. The van der Waals surface area contributed by atoms with Crippen molar-refractivity contribution in [2.75, 3.05) is 18.5 Å². The number of urea groups is 1. The van der Waals surface area contributed by atoms with Crippen LogP contribution in [0.25, 0.3) is 10.2 Å². The van der Waals surface area contributed by atoms with Crippen LogP contribution in [0.3, 0.4) is 0 Å². The van der Waals surface area contributed by atoms with Gasteiger partial charge in [0.1, 0.15) is 5.54 Å². The third-order valence-electron chi connectivity index (χ3n) is 5.20. The Kier molecular flexibility index (Phi) is 4.14. The minimum Gasteiger partial charge on any atom is -0.323 e. The van der Waals surface area contributed by atoms with Crippen LogP contribution in [0.5, 0.6) is 0 Å². The van der Waals surface area contributed by atoms with Gasteiger partial charge in [-0.1, -0.05) is 36.3 Å². The molecule has 2 aromatic rings. The first kappa shape index (κ1) is 17.0. The Hall–Kier alpha value is -2.48. The summed E-state index contributed by atoms with van der Waals surface area (Å²) in [5.74, 6) is -0.354. The van der Waals surface area contributed by atoms with Gasteiger partial charge >= 0.3 is 6.03 Å². The van der Waals surface area contributed by atoms with E-state index in [9.17, 15) is 14.4 Å². The minimum atomic E-state index is -0.723. The summed E-state index contributed by atoms with van der Waals surface area (Å²) in [5, 5.41) is 3.45. The van der Waals surface area contributed by atoms with E-state index in [2.05, 4.69) is 10.3 Å². The number of nitrogens with zero attached hydrogens (tertiary/aromatic N) is 3. The first-order chi connectivity index (χ1) is 12.5. The zero-order chi connectivity index (χ0) is 18.3. The first-order valence-electron chi connectivity index (χ1n) is 8.76. The summed E-state index contributed by atoms with van der Waals surface area (Å²) >= 11 is 1.44. The molecular formula is C18H20N4O3S. The number of nitrogens with one attached hydrogen (secondary N) is 1. The molecule has 2 fully saturated rings. The number of imide groups is 1. The summed E-state index contributed by atoms with van der Waals surface area (Å²) in [4.78, 5) is 44.5. The highest BCUT2D eigenvalue weighted by Gasteiger charge is 2.52. The molecule has 1 spiro atoms. The smallest absolute Gasteiger partial charge is 0.323 e. The Balaban J connectivity index is 1.42. The number of thiazole rings is 1. The molecule has 1 aliphatic heterocycles. The number of carbonyl (C=O) groups is 3. The second-order valence-electron chi connectivity index (χ2n) is 6.84. The Morgan fingerprint density at radius 2 is 2.04 bits per heavy atom. The van der Waals surface area contributed by atoms with Crippen molar-refractivity contribution >= 4 is 44.5 Å². The molecule has 136 valence electrons. The van der Waals surface area contributed by atoms with Crippen LogP contribution in [0.4, 0.5) is 9.93 Å². The fourth-order valence-electron chi connectivity index (χ4n) is 3.68. The number of aromatic nitrogens is 1. The molecule has 1 saturated carbocycles. The molecule has 0 atom stereocenters. The van der Waals surface area contributed by atoms with Crippen molar-refractivity contribution in [2.24, 2.45) is 0 Å². The summed E-state index contributed by atoms with van der Waals surface area (Å²) in [6.07, 6.45) is 3.35. The lowest BCUT2D eigenvalue weighted by atomic mass is 9.98. The Bertz CT molecular complexity index is 854. The number of benzene rings is 1. The van der Waals surface area contributed by atoms with Gasteiger partial charge < -0.3 is 5.32 Å². The van der Waals surface area contributed by atoms with Crippen molar-refractivity contribution in [3.8, 4) is 0 Å². The van der Waals surface area contributed by atoms with E-state index >= 15 is 0 Å². The molecule has 1 aliphatic carbocycles. The van der Waals surface area contributed by atoms with Gasteiger partial charge in [-0.15, -0.1) is 0 Å². The molecule has 0 radical (unpaired) electrons. The van der Waals surface area contributed by atoms with Gasteiger partial charge in [-0.25, -0.2) is 9.78 Å². The second kappa shape index (κ2) is 6.35.